The van der Waals surface area contributed by atoms with Crippen molar-refractivity contribution in [2.75, 3.05) is 26.0 Å². The van der Waals surface area contributed by atoms with Gasteiger partial charge in [0, 0.05) is 38.3 Å². The molecule has 3 rings (SSSR count). The van der Waals surface area contributed by atoms with Crippen LogP contribution in [0.2, 0.25) is 0 Å². The number of H-pyrrole nitrogens is 1. The second-order valence-electron chi connectivity index (χ2n) is 7.27. The number of amides is 2. The average Bonchev–Trinajstić information content (AvgIpc) is 3.11. The Kier molecular flexibility index (Phi) is 7.19. The van der Waals surface area contributed by atoms with Crippen LogP contribution in [0.1, 0.15) is 12.0 Å². The van der Waals surface area contributed by atoms with Gasteiger partial charge in [-0.25, -0.2) is 0 Å². The van der Waals surface area contributed by atoms with Crippen LogP contribution >= 0.6 is 12.2 Å². The SMILES string of the molecule is Cc1cccc(-c2n[nH]c(=S)n2CCC(=O)Nc2ccc(OCC(=O)N(C)C)cc2)c1. The number of aromatic nitrogens is 3. The number of nitrogens with zero attached hydrogens (tertiary/aromatic N) is 3. The predicted molar refractivity (Wildman–Crippen MR) is 121 cm³/mol. The number of ether oxygens (including phenoxy) is 1. The molecule has 0 spiro atoms. The molecule has 2 aromatic carbocycles. The van der Waals surface area contributed by atoms with Gasteiger partial charge in [-0.1, -0.05) is 23.8 Å². The largest absolute Gasteiger partial charge is 0.484 e. The fourth-order valence-electron chi connectivity index (χ4n) is 2.88. The van der Waals surface area contributed by atoms with Gasteiger partial charge in [0.25, 0.3) is 5.91 Å². The van der Waals surface area contributed by atoms with Gasteiger partial charge in [-0.15, -0.1) is 0 Å². The number of hydrogen-bond acceptors (Lipinski definition) is 5. The molecule has 0 bridgehead atoms. The lowest BCUT2D eigenvalue weighted by Gasteiger charge is -2.12. The molecule has 0 aliphatic rings. The summed E-state index contributed by atoms with van der Waals surface area (Å²) in [6.45, 7) is 2.38. The summed E-state index contributed by atoms with van der Waals surface area (Å²) >= 11 is 5.33. The maximum Gasteiger partial charge on any atom is 0.259 e. The van der Waals surface area contributed by atoms with Crippen LogP contribution < -0.4 is 10.1 Å². The average molecular weight is 440 g/mol. The number of hydrogen-bond donors (Lipinski definition) is 2. The first-order valence-electron chi connectivity index (χ1n) is 9.78. The standard InChI is InChI=1S/C22H25N5O3S/c1-15-5-4-6-16(13-15)21-24-25-22(31)27(21)12-11-19(28)23-17-7-9-18(10-8-17)30-14-20(29)26(2)3/h4-10,13H,11-12,14H2,1-3H3,(H,23,28)(H,25,31). The van der Waals surface area contributed by atoms with Gasteiger partial charge in [-0.2, -0.15) is 5.10 Å². The van der Waals surface area contributed by atoms with E-state index in [0.717, 1.165) is 11.1 Å². The summed E-state index contributed by atoms with van der Waals surface area (Å²) < 4.78 is 7.73. The van der Waals surface area contributed by atoms with Crippen molar-refractivity contribution >= 4 is 29.7 Å². The van der Waals surface area contributed by atoms with Crippen molar-refractivity contribution in [3.8, 4) is 17.1 Å². The fraction of sp³-hybridized carbons (Fsp3) is 0.273. The Morgan fingerprint density at radius 3 is 2.61 bits per heavy atom. The number of anilines is 1. The Morgan fingerprint density at radius 1 is 1.19 bits per heavy atom. The van der Waals surface area contributed by atoms with Crippen LogP contribution in [0.25, 0.3) is 11.4 Å². The maximum absolute atomic E-state index is 12.4. The zero-order valence-electron chi connectivity index (χ0n) is 17.7. The minimum absolute atomic E-state index is 0.0344. The highest BCUT2D eigenvalue weighted by molar-refractivity contribution is 7.71. The van der Waals surface area contributed by atoms with Crippen molar-refractivity contribution in [1.82, 2.24) is 19.7 Å². The molecule has 0 fully saturated rings. The number of aromatic amines is 1. The quantitative estimate of drug-likeness (QED) is 0.525. The first-order valence-corrected chi connectivity index (χ1v) is 10.2. The first kappa shape index (κ1) is 22.2. The number of nitrogens with one attached hydrogen (secondary N) is 2. The van der Waals surface area contributed by atoms with Crippen LogP contribution in [0.4, 0.5) is 5.69 Å². The van der Waals surface area contributed by atoms with E-state index < -0.39 is 0 Å². The molecule has 0 aliphatic carbocycles. The second kappa shape index (κ2) is 10.0. The number of carbonyl (C=O) groups is 2. The Balaban J connectivity index is 1.57. The van der Waals surface area contributed by atoms with E-state index in [1.54, 1.807) is 38.4 Å². The molecule has 2 amide bonds. The Hall–Kier alpha value is -3.46. The highest BCUT2D eigenvalue weighted by Gasteiger charge is 2.11. The van der Waals surface area contributed by atoms with Crippen LogP contribution in [0.15, 0.2) is 48.5 Å². The van der Waals surface area contributed by atoms with Crippen LogP contribution in [0.5, 0.6) is 5.75 Å². The maximum atomic E-state index is 12.4. The van der Waals surface area contributed by atoms with E-state index in [2.05, 4.69) is 15.5 Å². The van der Waals surface area contributed by atoms with Crippen LogP contribution in [0, 0.1) is 11.7 Å². The summed E-state index contributed by atoms with van der Waals surface area (Å²) in [4.78, 5) is 25.5. The molecular weight excluding hydrogens is 414 g/mol. The monoisotopic (exact) mass is 439 g/mol. The molecule has 0 aliphatic heterocycles. The van der Waals surface area contributed by atoms with E-state index in [4.69, 9.17) is 17.0 Å². The number of likely N-dealkylation sites (N-methyl/N-ethyl adjacent to an activating group) is 1. The Morgan fingerprint density at radius 2 is 1.94 bits per heavy atom. The van der Waals surface area contributed by atoms with Gasteiger partial charge in [0.05, 0.1) is 0 Å². The van der Waals surface area contributed by atoms with E-state index in [9.17, 15) is 9.59 Å². The third-order valence-electron chi connectivity index (χ3n) is 4.60. The highest BCUT2D eigenvalue weighted by Crippen LogP contribution is 2.19. The summed E-state index contributed by atoms with van der Waals surface area (Å²) in [6.07, 6.45) is 0.238. The van der Waals surface area contributed by atoms with Crippen molar-refractivity contribution in [1.29, 1.82) is 0 Å². The van der Waals surface area contributed by atoms with Crippen molar-refractivity contribution in [3.63, 3.8) is 0 Å². The summed E-state index contributed by atoms with van der Waals surface area (Å²) in [5.74, 6) is 0.992. The molecule has 0 saturated carbocycles. The molecule has 31 heavy (non-hydrogen) atoms. The number of rotatable bonds is 8. The summed E-state index contributed by atoms with van der Waals surface area (Å²) in [7, 11) is 3.34. The smallest absolute Gasteiger partial charge is 0.259 e. The van der Waals surface area contributed by atoms with Crippen LogP contribution in [0.3, 0.4) is 0 Å². The third-order valence-corrected chi connectivity index (χ3v) is 4.91. The molecule has 8 nitrogen and oxygen atoms in total. The number of aryl methyl sites for hydroxylation is 1. The molecule has 162 valence electrons. The lowest BCUT2D eigenvalue weighted by Crippen LogP contribution is -2.27. The normalized spacial score (nSPS) is 10.5. The zero-order chi connectivity index (χ0) is 22.4. The molecule has 3 aromatic rings. The minimum atomic E-state index is -0.144. The van der Waals surface area contributed by atoms with Gasteiger partial charge in [0.2, 0.25) is 5.91 Å². The van der Waals surface area contributed by atoms with E-state index in [0.29, 0.717) is 28.6 Å². The van der Waals surface area contributed by atoms with Gasteiger partial charge in [0.1, 0.15) is 5.75 Å². The van der Waals surface area contributed by atoms with E-state index in [-0.39, 0.29) is 24.8 Å². The van der Waals surface area contributed by atoms with Crippen molar-refractivity contribution < 1.29 is 14.3 Å². The van der Waals surface area contributed by atoms with Gasteiger partial charge >= 0.3 is 0 Å². The predicted octanol–water partition coefficient (Wildman–Crippen LogP) is 3.41. The summed E-state index contributed by atoms with van der Waals surface area (Å²) in [5, 5.41) is 9.97. The van der Waals surface area contributed by atoms with Crippen molar-refractivity contribution in [2.24, 2.45) is 0 Å². The number of carbonyl (C=O) groups excluding carboxylic acids is 2. The number of benzene rings is 2. The highest BCUT2D eigenvalue weighted by atomic mass is 32.1. The first-order chi connectivity index (χ1) is 14.8. The van der Waals surface area contributed by atoms with E-state index in [1.165, 1.54) is 4.90 Å². The van der Waals surface area contributed by atoms with E-state index in [1.807, 2.05) is 35.8 Å². The topological polar surface area (TPSA) is 92.2 Å². The molecule has 1 heterocycles. The molecular formula is C22H25N5O3S. The van der Waals surface area contributed by atoms with Gasteiger partial charge < -0.3 is 15.0 Å². The Bertz CT molecular complexity index is 1120. The summed E-state index contributed by atoms with van der Waals surface area (Å²) in [6, 6.07) is 14.8. The molecule has 0 unspecified atom stereocenters. The molecule has 9 heteroatoms. The van der Waals surface area contributed by atoms with Crippen molar-refractivity contribution in [3.05, 3.63) is 58.9 Å². The molecule has 0 radical (unpaired) electrons. The summed E-state index contributed by atoms with van der Waals surface area (Å²) in [5.41, 5.74) is 2.70. The lowest BCUT2D eigenvalue weighted by atomic mass is 10.1. The van der Waals surface area contributed by atoms with Gasteiger partial charge in [-0.3, -0.25) is 19.3 Å². The van der Waals surface area contributed by atoms with Crippen LogP contribution in [-0.2, 0) is 16.1 Å². The molecule has 0 atom stereocenters. The van der Waals surface area contributed by atoms with E-state index >= 15 is 0 Å². The minimum Gasteiger partial charge on any atom is -0.484 e. The van der Waals surface area contributed by atoms with Crippen molar-refractivity contribution in [2.45, 2.75) is 19.9 Å². The lowest BCUT2D eigenvalue weighted by molar-refractivity contribution is -0.130. The third kappa shape index (κ3) is 6.02. The zero-order valence-corrected chi connectivity index (χ0v) is 18.5. The van der Waals surface area contributed by atoms with Gasteiger partial charge in [0.15, 0.2) is 17.2 Å². The van der Waals surface area contributed by atoms with Gasteiger partial charge in [-0.05, 0) is 49.5 Å². The fourth-order valence-corrected chi connectivity index (χ4v) is 3.10. The van der Waals surface area contributed by atoms with Crippen LogP contribution in [-0.4, -0.2) is 52.2 Å². The second-order valence-corrected chi connectivity index (χ2v) is 7.66. The molecule has 2 N–H and O–H groups in total. The molecule has 1 aromatic heterocycles. The Labute approximate surface area is 185 Å². The molecule has 0 saturated heterocycles.